The highest BCUT2D eigenvalue weighted by Gasteiger charge is 2.12. The monoisotopic (exact) mass is 392 g/mol. The fourth-order valence-corrected chi connectivity index (χ4v) is 4.14. The predicted octanol–water partition coefficient (Wildman–Crippen LogP) is 5.53. The average Bonchev–Trinajstić information content (AvgIpc) is 3.10. The molecule has 1 aliphatic heterocycles. The summed E-state index contributed by atoms with van der Waals surface area (Å²) in [6.45, 7) is 10.2. The Bertz CT molecular complexity index is 1050. The van der Waals surface area contributed by atoms with E-state index in [-0.39, 0.29) is 0 Å². The van der Waals surface area contributed by atoms with Gasteiger partial charge in [0, 0.05) is 18.0 Å². The number of thiazole rings is 1. The van der Waals surface area contributed by atoms with Gasteiger partial charge in [-0.1, -0.05) is 44.2 Å². The van der Waals surface area contributed by atoms with Crippen LogP contribution in [0.5, 0.6) is 11.5 Å². The molecule has 0 radical (unpaired) electrons. The second-order valence-electron chi connectivity index (χ2n) is 7.02. The van der Waals surface area contributed by atoms with E-state index in [1.165, 1.54) is 11.1 Å². The number of nitrogens with zero attached hydrogens (tertiary/aromatic N) is 2. The molecule has 4 rings (SSSR count). The van der Waals surface area contributed by atoms with Crippen LogP contribution in [0.2, 0.25) is 0 Å². The summed E-state index contributed by atoms with van der Waals surface area (Å²) in [7, 11) is 0. The van der Waals surface area contributed by atoms with Gasteiger partial charge in [-0.25, -0.2) is 4.99 Å². The molecule has 5 heteroatoms. The van der Waals surface area contributed by atoms with Crippen LogP contribution in [0, 0.1) is 0 Å². The quantitative estimate of drug-likeness (QED) is 0.535. The van der Waals surface area contributed by atoms with Gasteiger partial charge in [0.05, 0.1) is 11.4 Å². The highest BCUT2D eigenvalue weighted by Crippen LogP contribution is 2.33. The molecule has 1 aliphatic rings. The normalized spacial score (nSPS) is 13.8. The van der Waals surface area contributed by atoms with Gasteiger partial charge in [0.2, 0.25) is 0 Å². The summed E-state index contributed by atoms with van der Waals surface area (Å²) < 4.78 is 13.5. The van der Waals surface area contributed by atoms with Crippen LogP contribution in [-0.2, 0) is 6.54 Å². The lowest BCUT2D eigenvalue weighted by Gasteiger charge is -2.18. The minimum absolute atomic E-state index is 0.526. The van der Waals surface area contributed by atoms with Crippen LogP contribution in [0.1, 0.15) is 25.3 Å². The number of fused-ring (bicyclic) bond motifs is 1. The van der Waals surface area contributed by atoms with Crippen LogP contribution in [-0.4, -0.2) is 17.8 Å². The lowest BCUT2D eigenvalue weighted by atomic mass is 10.0. The lowest BCUT2D eigenvalue weighted by molar-refractivity contribution is 0.171. The van der Waals surface area contributed by atoms with Crippen molar-refractivity contribution >= 4 is 17.0 Å². The molecule has 1 aromatic heterocycles. The number of benzene rings is 2. The number of aromatic nitrogens is 1. The minimum Gasteiger partial charge on any atom is -0.486 e. The Morgan fingerprint density at radius 2 is 1.86 bits per heavy atom. The molecule has 0 fully saturated rings. The first-order valence-electron chi connectivity index (χ1n) is 9.49. The fraction of sp³-hybridized carbons (Fsp3) is 0.261. The van der Waals surface area contributed by atoms with E-state index in [1.54, 1.807) is 11.3 Å². The maximum absolute atomic E-state index is 5.68. The molecule has 0 aliphatic carbocycles. The zero-order valence-electron chi connectivity index (χ0n) is 16.2. The molecule has 0 atom stereocenters. The van der Waals surface area contributed by atoms with Crippen molar-refractivity contribution in [2.75, 3.05) is 13.2 Å². The van der Waals surface area contributed by atoms with Gasteiger partial charge in [-0.05, 0) is 29.2 Å². The SMILES string of the molecule is C=CCn1c(-c2ccc(C(C)C)cc2)csc1=Nc1ccc2c(c1)OCCO2. The summed E-state index contributed by atoms with van der Waals surface area (Å²) in [4.78, 5) is 5.79. The van der Waals surface area contributed by atoms with Gasteiger partial charge < -0.3 is 14.0 Å². The number of ether oxygens (including phenoxy) is 2. The van der Waals surface area contributed by atoms with E-state index in [9.17, 15) is 0 Å². The van der Waals surface area contributed by atoms with Crippen molar-refractivity contribution in [3.05, 3.63) is 70.9 Å². The van der Waals surface area contributed by atoms with E-state index >= 15 is 0 Å². The van der Waals surface area contributed by atoms with E-state index < -0.39 is 0 Å². The van der Waals surface area contributed by atoms with Gasteiger partial charge in [0.15, 0.2) is 16.3 Å². The number of hydrogen-bond donors (Lipinski definition) is 0. The van der Waals surface area contributed by atoms with Crippen molar-refractivity contribution in [1.82, 2.24) is 4.57 Å². The predicted molar refractivity (Wildman–Crippen MR) is 115 cm³/mol. The zero-order chi connectivity index (χ0) is 19.5. The highest BCUT2D eigenvalue weighted by molar-refractivity contribution is 7.07. The van der Waals surface area contributed by atoms with Crippen molar-refractivity contribution in [2.24, 2.45) is 4.99 Å². The van der Waals surface area contributed by atoms with E-state index in [0.29, 0.717) is 25.7 Å². The largest absolute Gasteiger partial charge is 0.486 e. The molecule has 0 saturated carbocycles. The van der Waals surface area contributed by atoms with Crippen LogP contribution in [0.3, 0.4) is 0 Å². The van der Waals surface area contributed by atoms with Crippen LogP contribution in [0.15, 0.2) is 65.5 Å². The summed E-state index contributed by atoms with van der Waals surface area (Å²) >= 11 is 1.63. The van der Waals surface area contributed by atoms with Crippen LogP contribution in [0.25, 0.3) is 11.3 Å². The maximum atomic E-state index is 5.68. The molecule has 3 aromatic rings. The van der Waals surface area contributed by atoms with Crippen LogP contribution in [0.4, 0.5) is 5.69 Å². The fourth-order valence-electron chi connectivity index (χ4n) is 3.21. The highest BCUT2D eigenvalue weighted by atomic mass is 32.1. The number of hydrogen-bond acceptors (Lipinski definition) is 4. The Labute approximate surface area is 169 Å². The molecular weight excluding hydrogens is 368 g/mol. The molecule has 28 heavy (non-hydrogen) atoms. The summed E-state index contributed by atoms with van der Waals surface area (Å²) in [5, 5.41) is 2.16. The molecule has 2 heterocycles. The second kappa shape index (κ2) is 8.07. The Morgan fingerprint density at radius 3 is 2.57 bits per heavy atom. The van der Waals surface area contributed by atoms with Crippen molar-refractivity contribution in [3.63, 3.8) is 0 Å². The first kappa shape index (κ1) is 18.6. The van der Waals surface area contributed by atoms with E-state index in [2.05, 4.69) is 54.6 Å². The molecule has 4 nitrogen and oxygen atoms in total. The summed E-state index contributed by atoms with van der Waals surface area (Å²) in [5.41, 5.74) is 4.53. The maximum Gasteiger partial charge on any atom is 0.190 e. The van der Waals surface area contributed by atoms with Crippen LogP contribution < -0.4 is 14.3 Å². The smallest absolute Gasteiger partial charge is 0.190 e. The van der Waals surface area contributed by atoms with E-state index in [4.69, 9.17) is 14.5 Å². The third kappa shape index (κ3) is 3.76. The molecule has 0 unspecified atom stereocenters. The van der Waals surface area contributed by atoms with Gasteiger partial charge in [0.25, 0.3) is 0 Å². The Kier molecular flexibility index (Phi) is 5.35. The molecule has 0 N–H and O–H groups in total. The van der Waals surface area contributed by atoms with Gasteiger partial charge in [0.1, 0.15) is 13.2 Å². The van der Waals surface area contributed by atoms with Gasteiger partial charge in [-0.15, -0.1) is 17.9 Å². The molecule has 144 valence electrons. The van der Waals surface area contributed by atoms with Gasteiger partial charge in [-0.3, -0.25) is 0 Å². The second-order valence-corrected chi connectivity index (χ2v) is 7.86. The van der Waals surface area contributed by atoms with Crippen molar-refractivity contribution in [1.29, 1.82) is 0 Å². The zero-order valence-corrected chi connectivity index (χ0v) is 17.0. The van der Waals surface area contributed by atoms with Crippen LogP contribution >= 0.6 is 11.3 Å². The number of rotatable bonds is 5. The third-order valence-corrected chi connectivity index (χ3v) is 5.60. The summed E-state index contributed by atoms with van der Waals surface area (Å²) in [6, 6.07) is 14.6. The topological polar surface area (TPSA) is 35.8 Å². The van der Waals surface area contributed by atoms with Crippen molar-refractivity contribution < 1.29 is 9.47 Å². The molecule has 0 spiro atoms. The third-order valence-electron chi connectivity index (χ3n) is 4.73. The lowest BCUT2D eigenvalue weighted by Crippen LogP contribution is -2.16. The average molecular weight is 393 g/mol. The van der Waals surface area contributed by atoms with Gasteiger partial charge >= 0.3 is 0 Å². The standard InChI is InChI=1S/C23H24N2O2S/c1-4-11-25-20(18-7-5-17(6-8-18)16(2)3)15-28-23(25)24-19-9-10-21-22(14-19)27-13-12-26-21/h4-10,14-16H,1,11-13H2,2-3H3. The van der Waals surface area contributed by atoms with Gasteiger partial charge in [-0.2, -0.15) is 0 Å². The molecule has 0 bridgehead atoms. The molecule has 2 aromatic carbocycles. The summed E-state index contributed by atoms with van der Waals surface area (Å²) in [6.07, 6.45) is 1.90. The Morgan fingerprint density at radius 1 is 1.11 bits per heavy atom. The summed E-state index contributed by atoms with van der Waals surface area (Å²) in [5.74, 6) is 2.06. The Hall–Kier alpha value is -2.79. The molecule has 0 saturated heterocycles. The Balaban J connectivity index is 1.74. The molecule has 0 amide bonds. The van der Waals surface area contributed by atoms with E-state index in [0.717, 1.165) is 27.7 Å². The van der Waals surface area contributed by atoms with Crippen molar-refractivity contribution in [3.8, 4) is 22.8 Å². The first-order chi connectivity index (χ1) is 13.7. The molecular formula is C23H24N2O2S. The number of allylic oxidation sites excluding steroid dienone is 1. The minimum atomic E-state index is 0.526. The first-order valence-corrected chi connectivity index (χ1v) is 10.4. The van der Waals surface area contributed by atoms with E-state index in [1.807, 2.05) is 24.3 Å². The van der Waals surface area contributed by atoms with Crippen molar-refractivity contribution in [2.45, 2.75) is 26.3 Å².